The second-order valence-corrected chi connectivity index (χ2v) is 5.15. The summed E-state index contributed by atoms with van der Waals surface area (Å²) >= 11 is 0. The van der Waals surface area contributed by atoms with Crippen molar-refractivity contribution in [1.29, 1.82) is 0 Å². The lowest BCUT2D eigenvalue weighted by Crippen LogP contribution is -2.56. The van der Waals surface area contributed by atoms with E-state index in [-0.39, 0.29) is 33.9 Å². The van der Waals surface area contributed by atoms with E-state index in [1.165, 1.54) is 21.3 Å². The van der Waals surface area contributed by atoms with Crippen LogP contribution in [-0.4, -0.2) is 55.9 Å². The third-order valence-corrected chi connectivity index (χ3v) is 3.64. The lowest BCUT2D eigenvalue weighted by molar-refractivity contribution is -0.146. The molecule has 1 heterocycles. The summed E-state index contributed by atoms with van der Waals surface area (Å²) in [5.74, 6) is -0.996. The van der Waals surface area contributed by atoms with E-state index in [2.05, 4.69) is 0 Å². The minimum Gasteiger partial charge on any atom is -0.493 e. The topological polar surface area (TPSA) is 80.3 Å². The Labute approximate surface area is 145 Å². The first-order valence-corrected chi connectivity index (χ1v) is 7.12. The summed E-state index contributed by atoms with van der Waals surface area (Å²) in [6.45, 7) is 0. The number of ether oxygens (including phenoxy) is 3. The van der Waals surface area contributed by atoms with E-state index in [0.29, 0.717) is 0 Å². The molecule has 0 radical (unpaired) electrons. The highest BCUT2D eigenvalue weighted by atomic mass is 19.3. The zero-order valence-electron chi connectivity index (χ0n) is 13.9. The summed E-state index contributed by atoms with van der Waals surface area (Å²) in [7, 11) is 3.86. The Kier molecular flexibility index (Phi) is 5.50. The minimum atomic E-state index is -3.54. The Morgan fingerprint density at radius 1 is 1.12 bits per heavy atom. The molecule has 1 amide bonds. The largest absolute Gasteiger partial charge is 0.493 e. The Hall–Kier alpha value is -2.69. The number of nitrogens with zero attached hydrogens (tertiary/aromatic N) is 1. The molecule has 0 aromatic heterocycles. The quantitative estimate of drug-likeness (QED) is 0.733. The fraction of sp³-hybridized carbons (Fsp3) is 0.400. The molecular formula is C15H16F4N2O5. The number of nitrogens with one attached hydrogen (secondary N) is 1. The van der Waals surface area contributed by atoms with E-state index >= 15 is 0 Å². The summed E-state index contributed by atoms with van der Waals surface area (Å²) in [6, 6.07) is 2.27. The number of methoxy groups -OCH3 is 3. The Morgan fingerprint density at radius 2 is 1.65 bits per heavy atom. The van der Waals surface area contributed by atoms with Crippen molar-refractivity contribution in [3.05, 3.63) is 29.5 Å². The molecule has 2 N–H and O–H groups in total. The molecule has 0 aliphatic carbocycles. The molecule has 1 aliphatic rings. The number of alkyl halides is 4. The van der Waals surface area contributed by atoms with Gasteiger partial charge in [0.05, 0.1) is 27.0 Å². The predicted octanol–water partition coefficient (Wildman–Crippen LogP) is 1.78. The highest BCUT2D eigenvalue weighted by Gasteiger charge is 2.51. The van der Waals surface area contributed by atoms with Crippen LogP contribution in [0.15, 0.2) is 23.9 Å². The predicted molar refractivity (Wildman–Crippen MR) is 80.4 cm³/mol. The van der Waals surface area contributed by atoms with Gasteiger partial charge in [-0.3, -0.25) is 10.2 Å². The van der Waals surface area contributed by atoms with Crippen LogP contribution in [0.3, 0.4) is 0 Å². The molecule has 0 spiro atoms. The molecule has 144 valence electrons. The molecule has 11 heteroatoms. The standard InChI is InChI=1S/C15H16F4N2O5/c1-24-9-4-7(5-10(25-2)11(9)26-3)13(22)21-15(23,14(18)19)6-8(20-21)12(16)17/h4-6,12,14,20,23H,1-3H3. The minimum absolute atomic E-state index is 0.0276. The van der Waals surface area contributed by atoms with E-state index in [1.807, 2.05) is 5.43 Å². The lowest BCUT2D eigenvalue weighted by Gasteiger charge is -2.31. The fourth-order valence-electron chi connectivity index (χ4n) is 2.36. The van der Waals surface area contributed by atoms with Crippen LogP contribution in [0.4, 0.5) is 17.6 Å². The number of benzene rings is 1. The summed E-state index contributed by atoms with van der Waals surface area (Å²) in [5, 5.41) is 10.1. The molecule has 1 unspecified atom stereocenters. The van der Waals surface area contributed by atoms with E-state index in [0.717, 1.165) is 12.1 Å². The number of rotatable bonds is 6. The number of carbonyl (C=O) groups is 1. The van der Waals surface area contributed by atoms with E-state index in [1.54, 1.807) is 0 Å². The molecule has 0 saturated heterocycles. The van der Waals surface area contributed by atoms with Crippen LogP contribution in [0.5, 0.6) is 17.2 Å². The van der Waals surface area contributed by atoms with Crippen molar-refractivity contribution >= 4 is 5.91 Å². The Balaban J connectivity index is 2.48. The van der Waals surface area contributed by atoms with Gasteiger partial charge < -0.3 is 19.3 Å². The third-order valence-electron chi connectivity index (χ3n) is 3.64. The van der Waals surface area contributed by atoms with Gasteiger partial charge in [0.25, 0.3) is 18.8 Å². The van der Waals surface area contributed by atoms with Crippen molar-refractivity contribution in [1.82, 2.24) is 10.4 Å². The van der Waals surface area contributed by atoms with Gasteiger partial charge in [-0.15, -0.1) is 0 Å². The van der Waals surface area contributed by atoms with Gasteiger partial charge in [0.1, 0.15) is 0 Å². The molecule has 1 aromatic carbocycles. The van der Waals surface area contributed by atoms with Gasteiger partial charge in [-0.1, -0.05) is 0 Å². The lowest BCUT2D eigenvalue weighted by atomic mass is 10.1. The average molecular weight is 380 g/mol. The van der Waals surface area contributed by atoms with E-state index in [4.69, 9.17) is 14.2 Å². The van der Waals surface area contributed by atoms with Crippen molar-refractivity contribution in [3.8, 4) is 17.2 Å². The number of hydrazine groups is 1. The number of hydrogen-bond donors (Lipinski definition) is 2. The molecule has 7 nitrogen and oxygen atoms in total. The monoisotopic (exact) mass is 380 g/mol. The first-order chi connectivity index (χ1) is 12.2. The van der Waals surface area contributed by atoms with E-state index in [9.17, 15) is 27.5 Å². The highest BCUT2D eigenvalue weighted by molar-refractivity contribution is 5.96. The van der Waals surface area contributed by atoms with Crippen LogP contribution in [0.2, 0.25) is 0 Å². The molecule has 26 heavy (non-hydrogen) atoms. The number of carbonyl (C=O) groups excluding carboxylic acids is 1. The summed E-state index contributed by atoms with van der Waals surface area (Å²) in [6.07, 6.45) is -6.53. The van der Waals surface area contributed by atoms with Crippen molar-refractivity contribution in [3.63, 3.8) is 0 Å². The summed E-state index contributed by atoms with van der Waals surface area (Å²) < 4.78 is 67.4. The molecule has 1 aliphatic heterocycles. The Bertz CT molecular complexity index is 703. The number of amides is 1. The van der Waals surface area contributed by atoms with Gasteiger partial charge in [0, 0.05) is 11.6 Å². The first kappa shape index (κ1) is 19.6. The van der Waals surface area contributed by atoms with Crippen molar-refractivity contribution in [2.75, 3.05) is 21.3 Å². The zero-order valence-corrected chi connectivity index (χ0v) is 13.9. The fourth-order valence-corrected chi connectivity index (χ4v) is 2.36. The van der Waals surface area contributed by atoms with E-state index < -0.39 is 30.2 Å². The SMILES string of the molecule is COc1cc(C(=O)N2NC(C(F)F)=CC2(O)C(F)F)cc(OC)c1OC. The van der Waals surface area contributed by atoms with Crippen LogP contribution >= 0.6 is 0 Å². The van der Waals surface area contributed by atoms with Crippen LogP contribution in [-0.2, 0) is 0 Å². The zero-order chi connectivity index (χ0) is 19.6. The maximum absolute atomic E-state index is 13.3. The van der Waals surface area contributed by atoms with Gasteiger partial charge in [0.15, 0.2) is 11.5 Å². The van der Waals surface area contributed by atoms with Crippen LogP contribution < -0.4 is 19.6 Å². The molecule has 1 aromatic rings. The van der Waals surface area contributed by atoms with Crippen molar-refractivity contribution < 1.29 is 41.7 Å². The van der Waals surface area contributed by atoms with Gasteiger partial charge in [-0.25, -0.2) is 22.6 Å². The van der Waals surface area contributed by atoms with Crippen LogP contribution in [0.25, 0.3) is 0 Å². The maximum Gasteiger partial charge on any atom is 0.291 e. The highest BCUT2D eigenvalue weighted by Crippen LogP contribution is 2.39. The normalized spacial score (nSPS) is 19.5. The van der Waals surface area contributed by atoms with Crippen molar-refractivity contribution in [2.24, 2.45) is 0 Å². The van der Waals surface area contributed by atoms with Gasteiger partial charge in [0.2, 0.25) is 11.5 Å². The van der Waals surface area contributed by atoms with Crippen molar-refractivity contribution in [2.45, 2.75) is 18.6 Å². The average Bonchev–Trinajstić information content (AvgIpc) is 2.99. The van der Waals surface area contributed by atoms with Crippen LogP contribution in [0.1, 0.15) is 10.4 Å². The summed E-state index contributed by atoms with van der Waals surface area (Å²) in [5.41, 5.74) is -2.72. The molecule has 2 rings (SSSR count). The van der Waals surface area contributed by atoms with Crippen LogP contribution in [0, 0.1) is 0 Å². The Morgan fingerprint density at radius 3 is 2.04 bits per heavy atom. The molecule has 0 bridgehead atoms. The third kappa shape index (κ3) is 3.21. The number of halogens is 4. The van der Waals surface area contributed by atoms with Gasteiger partial charge >= 0.3 is 0 Å². The summed E-state index contributed by atoms with van der Waals surface area (Å²) in [4.78, 5) is 12.6. The molecule has 0 fully saturated rings. The molecular weight excluding hydrogens is 364 g/mol. The number of allylic oxidation sites excluding steroid dienone is 1. The number of hydrogen-bond acceptors (Lipinski definition) is 6. The smallest absolute Gasteiger partial charge is 0.291 e. The number of aliphatic hydroxyl groups is 1. The van der Waals surface area contributed by atoms with Gasteiger partial charge in [-0.2, -0.15) is 0 Å². The van der Waals surface area contributed by atoms with Gasteiger partial charge in [-0.05, 0) is 12.1 Å². The first-order valence-electron chi connectivity index (χ1n) is 7.12. The molecule has 0 saturated carbocycles. The second-order valence-electron chi connectivity index (χ2n) is 5.15. The maximum atomic E-state index is 13.3. The second kappa shape index (κ2) is 7.28. The molecule has 1 atom stereocenters.